The monoisotopic (exact) mass is 449 g/mol. The summed E-state index contributed by atoms with van der Waals surface area (Å²) in [5, 5.41) is 12.3. The van der Waals surface area contributed by atoms with Crippen LogP contribution in [0.2, 0.25) is 0 Å². The average Bonchev–Trinajstić information content (AvgIpc) is 3.53. The second-order valence-electron chi connectivity index (χ2n) is 7.66. The van der Waals surface area contributed by atoms with Gasteiger partial charge in [-0.25, -0.2) is 14.3 Å². The minimum absolute atomic E-state index is 0.188. The number of rotatable bonds is 7. The highest BCUT2D eigenvalue weighted by Gasteiger charge is 2.19. The van der Waals surface area contributed by atoms with Crippen molar-refractivity contribution in [2.75, 3.05) is 0 Å². The van der Waals surface area contributed by atoms with Gasteiger partial charge in [-0.05, 0) is 42.8 Å². The number of carbonyl (C=O) groups is 1. The van der Waals surface area contributed by atoms with Crippen LogP contribution < -0.4 is 5.32 Å². The van der Waals surface area contributed by atoms with Gasteiger partial charge in [0.25, 0.3) is 5.91 Å². The highest BCUT2D eigenvalue weighted by molar-refractivity contribution is 5.95. The number of benzene rings is 1. The summed E-state index contributed by atoms with van der Waals surface area (Å²) in [6, 6.07) is 19.3. The molecule has 0 saturated carbocycles. The molecular formula is C26H23N7O. The smallest absolute Gasteiger partial charge is 0.255 e. The lowest BCUT2D eigenvalue weighted by Crippen LogP contribution is -2.24. The number of hydrogen-bond acceptors (Lipinski definition) is 5. The van der Waals surface area contributed by atoms with E-state index in [-0.39, 0.29) is 5.91 Å². The molecule has 5 aromatic rings. The van der Waals surface area contributed by atoms with Gasteiger partial charge in [-0.15, -0.1) is 0 Å². The number of nitrogens with one attached hydrogen (secondary N) is 1. The lowest BCUT2D eigenvalue weighted by atomic mass is 10.1. The molecule has 0 unspecified atom stereocenters. The number of nitrogens with zero attached hydrogens (tertiary/aromatic N) is 6. The molecule has 5 rings (SSSR count). The maximum absolute atomic E-state index is 13.1. The van der Waals surface area contributed by atoms with E-state index in [1.807, 2.05) is 78.5 Å². The summed E-state index contributed by atoms with van der Waals surface area (Å²) in [4.78, 5) is 21.6. The van der Waals surface area contributed by atoms with Crippen molar-refractivity contribution in [2.24, 2.45) is 0 Å². The van der Waals surface area contributed by atoms with E-state index < -0.39 is 0 Å². The number of para-hydroxylation sites is 1. The molecule has 0 aliphatic carbocycles. The first kappa shape index (κ1) is 21.3. The van der Waals surface area contributed by atoms with Crippen molar-refractivity contribution in [1.82, 2.24) is 34.8 Å². The van der Waals surface area contributed by atoms with Crippen LogP contribution in [-0.4, -0.2) is 35.4 Å². The first-order valence-electron chi connectivity index (χ1n) is 11.1. The lowest BCUT2D eigenvalue weighted by molar-refractivity contribution is 0.0950. The fourth-order valence-electron chi connectivity index (χ4n) is 3.86. The van der Waals surface area contributed by atoms with Crippen LogP contribution in [0.4, 0.5) is 0 Å². The predicted octanol–water partition coefficient (Wildman–Crippen LogP) is 4.01. The van der Waals surface area contributed by atoms with Crippen molar-refractivity contribution < 1.29 is 4.79 Å². The second kappa shape index (κ2) is 9.50. The zero-order valence-electron chi connectivity index (χ0n) is 18.7. The Hall–Kier alpha value is -4.59. The van der Waals surface area contributed by atoms with Crippen LogP contribution in [0, 0.1) is 0 Å². The molecule has 0 bridgehead atoms. The first-order chi connectivity index (χ1) is 16.7. The minimum atomic E-state index is -0.188. The molecule has 168 valence electrons. The fourth-order valence-corrected chi connectivity index (χ4v) is 3.86. The molecule has 0 radical (unpaired) electrons. The van der Waals surface area contributed by atoms with Gasteiger partial charge in [0.2, 0.25) is 0 Å². The van der Waals surface area contributed by atoms with Crippen LogP contribution in [-0.2, 0) is 13.0 Å². The molecule has 4 aromatic heterocycles. The van der Waals surface area contributed by atoms with E-state index in [4.69, 9.17) is 5.10 Å². The SMILES string of the molecule is CCc1c(C(=O)NCc2cn(-c3ccccc3)nc2-c2ccncc2)cnn1-c1ccccn1. The summed E-state index contributed by atoms with van der Waals surface area (Å²) >= 11 is 0. The molecule has 0 spiro atoms. The molecule has 8 heteroatoms. The molecule has 0 saturated heterocycles. The van der Waals surface area contributed by atoms with Gasteiger partial charge in [0.05, 0.1) is 28.8 Å². The number of hydrogen-bond donors (Lipinski definition) is 1. The maximum atomic E-state index is 13.1. The van der Waals surface area contributed by atoms with E-state index >= 15 is 0 Å². The molecule has 1 aromatic carbocycles. The topological polar surface area (TPSA) is 90.5 Å². The largest absolute Gasteiger partial charge is 0.348 e. The standard InChI is InChI=1S/C26H23N7O/c1-2-23-22(17-30-33(23)24-10-6-7-13-28-24)26(34)29-16-20-18-32(21-8-4-3-5-9-21)31-25(20)19-11-14-27-15-12-19/h3-15,17-18H,2,16H2,1H3,(H,29,34). The zero-order valence-corrected chi connectivity index (χ0v) is 18.7. The van der Waals surface area contributed by atoms with Crippen molar-refractivity contribution >= 4 is 5.91 Å². The maximum Gasteiger partial charge on any atom is 0.255 e. The van der Waals surface area contributed by atoms with Crippen molar-refractivity contribution in [1.29, 1.82) is 0 Å². The van der Waals surface area contributed by atoms with Crippen LogP contribution in [0.25, 0.3) is 22.8 Å². The Morgan fingerprint density at radius 2 is 1.76 bits per heavy atom. The molecule has 34 heavy (non-hydrogen) atoms. The summed E-state index contributed by atoms with van der Waals surface area (Å²) in [5.41, 5.74) is 4.93. The van der Waals surface area contributed by atoms with E-state index in [9.17, 15) is 4.79 Å². The van der Waals surface area contributed by atoms with Gasteiger partial charge in [-0.1, -0.05) is 31.2 Å². The number of aromatic nitrogens is 6. The van der Waals surface area contributed by atoms with E-state index in [1.165, 1.54) is 0 Å². The number of pyridine rings is 2. The Bertz CT molecular complexity index is 1390. The highest BCUT2D eigenvalue weighted by Crippen LogP contribution is 2.23. The van der Waals surface area contributed by atoms with E-state index in [0.717, 1.165) is 28.2 Å². The van der Waals surface area contributed by atoms with Gasteiger partial charge in [-0.2, -0.15) is 10.2 Å². The molecule has 8 nitrogen and oxygen atoms in total. The van der Waals surface area contributed by atoms with Crippen LogP contribution >= 0.6 is 0 Å². The Morgan fingerprint density at radius 1 is 0.971 bits per heavy atom. The Morgan fingerprint density at radius 3 is 2.50 bits per heavy atom. The summed E-state index contributed by atoms with van der Waals surface area (Å²) in [5.74, 6) is 0.495. The van der Waals surface area contributed by atoms with Crippen LogP contribution in [0.15, 0.2) is 91.6 Å². The molecule has 1 amide bonds. The Labute approximate surface area is 196 Å². The van der Waals surface area contributed by atoms with Crippen LogP contribution in [0.5, 0.6) is 0 Å². The van der Waals surface area contributed by atoms with Crippen molar-refractivity contribution in [3.8, 4) is 22.8 Å². The third-order valence-corrected chi connectivity index (χ3v) is 5.52. The molecular weight excluding hydrogens is 426 g/mol. The number of amides is 1. The predicted molar refractivity (Wildman–Crippen MR) is 129 cm³/mol. The summed E-state index contributed by atoms with van der Waals surface area (Å²) in [6.45, 7) is 2.32. The molecule has 0 aliphatic rings. The van der Waals surface area contributed by atoms with E-state index in [0.29, 0.717) is 24.3 Å². The zero-order chi connectivity index (χ0) is 23.3. The normalized spacial score (nSPS) is 10.9. The Balaban J connectivity index is 1.43. The molecule has 1 N–H and O–H groups in total. The van der Waals surface area contributed by atoms with Crippen LogP contribution in [0.1, 0.15) is 28.5 Å². The average molecular weight is 450 g/mol. The fraction of sp³-hybridized carbons (Fsp3) is 0.115. The van der Waals surface area contributed by atoms with Crippen molar-refractivity contribution in [3.05, 3.63) is 108 Å². The first-order valence-corrected chi connectivity index (χ1v) is 11.1. The minimum Gasteiger partial charge on any atom is -0.348 e. The van der Waals surface area contributed by atoms with E-state index in [1.54, 1.807) is 29.5 Å². The quantitative estimate of drug-likeness (QED) is 0.405. The lowest BCUT2D eigenvalue weighted by Gasteiger charge is -2.08. The summed E-state index contributed by atoms with van der Waals surface area (Å²) in [6.07, 6.45) is 9.37. The van der Waals surface area contributed by atoms with Crippen LogP contribution in [0.3, 0.4) is 0 Å². The molecule has 0 aliphatic heterocycles. The van der Waals surface area contributed by atoms with Gasteiger partial charge >= 0.3 is 0 Å². The third-order valence-electron chi connectivity index (χ3n) is 5.52. The van der Waals surface area contributed by atoms with Gasteiger partial charge in [0, 0.05) is 42.5 Å². The number of carbonyl (C=O) groups excluding carboxylic acids is 1. The van der Waals surface area contributed by atoms with Crippen molar-refractivity contribution in [3.63, 3.8) is 0 Å². The van der Waals surface area contributed by atoms with E-state index in [2.05, 4.69) is 20.4 Å². The third kappa shape index (κ3) is 4.21. The van der Waals surface area contributed by atoms with Gasteiger partial charge in [0.1, 0.15) is 0 Å². The summed E-state index contributed by atoms with van der Waals surface area (Å²) < 4.78 is 3.54. The molecule has 0 atom stereocenters. The van der Waals surface area contributed by atoms with Gasteiger partial charge < -0.3 is 5.32 Å². The van der Waals surface area contributed by atoms with Gasteiger partial charge in [-0.3, -0.25) is 9.78 Å². The highest BCUT2D eigenvalue weighted by atomic mass is 16.1. The second-order valence-corrected chi connectivity index (χ2v) is 7.66. The van der Waals surface area contributed by atoms with Gasteiger partial charge in [0.15, 0.2) is 5.82 Å². The summed E-state index contributed by atoms with van der Waals surface area (Å²) in [7, 11) is 0. The Kier molecular flexibility index (Phi) is 5.94. The van der Waals surface area contributed by atoms with Crippen molar-refractivity contribution in [2.45, 2.75) is 19.9 Å². The molecule has 4 heterocycles. The molecule has 0 fully saturated rings.